The van der Waals surface area contributed by atoms with E-state index in [1.165, 1.54) is 38.5 Å². The van der Waals surface area contributed by atoms with Crippen molar-refractivity contribution in [3.8, 4) is 6.07 Å². The molecule has 1 saturated heterocycles. The lowest BCUT2D eigenvalue weighted by Gasteiger charge is -2.27. The molecule has 0 spiro atoms. The lowest BCUT2D eigenvalue weighted by atomic mass is 10.0. The molecule has 2 nitrogen and oxygen atoms in total. The van der Waals surface area contributed by atoms with Crippen molar-refractivity contribution in [1.29, 1.82) is 5.26 Å². The van der Waals surface area contributed by atoms with Gasteiger partial charge in [0, 0.05) is 23.7 Å². The number of ether oxygens (including phenoxy) is 1. The van der Waals surface area contributed by atoms with E-state index in [9.17, 15) is 5.26 Å². The highest BCUT2D eigenvalue weighted by Gasteiger charge is 2.27. The van der Waals surface area contributed by atoms with Crippen LogP contribution in [0.5, 0.6) is 0 Å². The number of thioether (sulfide) groups is 1. The molecule has 1 saturated carbocycles. The summed E-state index contributed by atoms with van der Waals surface area (Å²) in [6.07, 6.45) is 8.63. The molecule has 0 bridgehead atoms. The van der Waals surface area contributed by atoms with E-state index in [0.717, 1.165) is 24.9 Å². The Morgan fingerprint density at radius 2 is 1.75 bits per heavy atom. The first-order chi connectivity index (χ1) is 7.90. The van der Waals surface area contributed by atoms with E-state index < -0.39 is 0 Å². The molecule has 1 heterocycles. The Morgan fingerprint density at radius 1 is 1.00 bits per heavy atom. The summed E-state index contributed by atoms with van der Waals surface area (Å²) < 4.78 is 5.39. The maximum atomic E-state index is 9.23. The van der Waals surface area contributed by atoms with Gasteiger partial charge in [-0.05, 0) is 25.7 Å². The van der Waals surface area contributed by atoms with Crippen LogP contribution in [0.1, 0.15) is 44.9 Å². The first kappa shape index (κ1) is 12.3. The molecule has 0 aromatic carbocycles. The number of nitrogens with zero attached hydrogens (tertiary/aromatic N) is 1. The Kier molecular flexibility index (Phi) is 4.99. The fourth-order valence-corrected chi connectivity index (χ4v) is 4.29. The van der Waals surface area contributed by atoms with Gasteiger partial charge in [0.15, 0.2) is 0 Å². The summed E-state index contributed by atoms with van der Waals surface area (Å²) in [4.78, 5) is 0. The summed E-state index contributed by atoms with van der Waals surface area (Å²) >= 11 is 2.08. The molecule has 0 radical (unpaired) electrons. The molecular weight excluding hydrogens is 218 g/mol. The van der Waals surface area contributed by atoms with Gasteiger partial charge in [0.25, 0.3) is 0 Å². The molecule has 90 valence electrons. The van der Waals surface area contributed by atoms with Crippen LogP contribution in [0.15, 0.2) is 0 Å². The van der Waals surface area contributed by atoms with Crippen molar-refractivity contribution < 1.29 is 4.74 Å². The third kappa shape index (κ3) is 3.40. The van der Waals surface area contributed by atoms with Crippen molar-refractivity contribution in [2.45, 2.75) is 55.4 Å². The zero-order valence-corrected chi connectivity index (χ0v) is 10.7. The van der Waals surface area contributed by atoms with E-state index in [-0.39, 0.29) is 0 Å². The molecule has 0 aromatic heterocycles. The first-order valence-corrected chi connectivity index (χ1v) is 7.47. The zero-order chi connectivity index (χ0) is 11.2. The Morgan fingerprint density at radius 3 is 2.50 bits per heavy atom. The maximum Gasteiger partial charge on any atom is 0.0667 e. The summed E-state index contributed by atoms with van der Waals surface area (Å²) in [5.74, 6) is 0.301. The van der Waals surface area contributed by atoms with Crippen LogP contribution < -0.4 is 0 Å². The molecule has 2 aliphatic rings. The van der Waals surface area contributed by atoms with E-state index in [1.807, 2.05) is 0 Å². The van der Waals surface area contributed by atoms with Gasteiger partial charge >= 0.3 is 0 Å². The van der Waals surface area contributed by atoms with Crippen LogP contribution in [0.3, 0.4) is 0 Å². The Labute approximate surface area is 103 Å². The summed E-state index contributed by atoms with van der Waals surface area (Å²) in [5, 5.41) is 10.6. The minimum absolute atomic E-state index is 0.301. The highest BCUT2D eigenvalue weighted by Crippen LogP contribution is 2.36. The van der Waals surface area contributed by atoms with E-state index in [2.05, 4.69) is 17.8 Å². The predicted octanol–water partition coefficient (Wildman–Crippen LogP) is 3.37. The maximum absolute atomic E-state index is 9.23. The van der Waals surface area contributed by atoms with Crippen LogP contribution in [0.25, 0.3) is 0 Å². The van der Waals surface area contributed by atoms with Gasteiger partial charge in [0.2, 0.25) is 0 Å². The average molecular weight is 239 g/mol. The standard InChI is InChI=1S/C13H21NOS/c14-10-11-4-2-1-3-5-13(11)16-12-6-8-15-9-7-12/h11-13H,1-9H2. The Balaban J connectivity index is 1.87. The first-order valence-electron chi connectivity index (χ1n) is 6.53. The molecule has 1 aliphatic heterocycles. The summed E-state index contributed by atoms with van der Waals surface area (Å²) in [6, 6.07) is 2.53. The normalized spacial score (nSPS) is 32.9. The molecule has 0 amide bonds. The smallest absolute Gasteiger partial charge is 0.0667 e. The molecule has 2 fully saturated rings. The number of rotatable bonds is 2. The van der Waals surface area contributed by atoms with Crippen LogP contribution in [-0.2, 0) is 4.74 Å². The molecule has 3 heteroatoms. The van der Waals surface area contributed by atoms with E-state index in [1.54, 1.807) is 0 Å². The third-order valence-electron chi connectivity index (χ3n) is 3.65. The van der Waals surface area contributed by atoms with Crippen molar-refractivity contribution in [2.24, 2.45) is 5.92 Å². The third-order valence-corrected chi connectivity index (χ3v) is 5.42. The van der Waals surface area contributed by atoms with Crippen LogP contribution in [0.2, 0.25) is 0 Å². The Hall–Kier alpha value is -0.200. The van der Waals surface area contributed by atoms with Gasteiger partial charge in [-0.25, -0.2) is 0 Å². The van der Waals surface area contributed by atoms with E-state index in [4.69, 9.17) is 4.74 Å². The number of hydrogen-bond donors (Lipinski definition) is 0. The molecule has 0 aromatic rings. The lowest BCUT2D eigenvalue weighted by Crippen LogP contribution is -2.23. The molecule has 16 heavy (non-hydrogen) atoms. The van der Waals surface area contributed by atoms with Gasteiger partial charge in [-0.2, -0.15) is 17.0 Å². The molecule has 2 rings (SSSR count). The second-order valence-electron chi connectivity index (χ2n) is 4.86. The van der Waals surface area contributed by atoms with Gasteiger partial charge in [-0.1, -0.05) is 19.3 Å². The molecule has 0 N–H and O–H groups in total. The second kappa shape index (κ2) is 6.51. The fourth-order valence-electron chi connectivity index (χ4n) is 2.64. The quantitative estimate of drug-likeness (QED) is 0.693. The van der Waals surface area contributed by atoms with Crippen LogP contribution in [0, 0.1) is 17.2 Å². The highest BCUT2D eigenvalue weighted by atomic mass is 32.2. The van der Waals surface area contributed by atoms with Gasteiger partial charge in [0.05, 0.1) is 12.0 Å². The SMILES string of the molecule is N#CC1CCCCCC1SC1CCOCC1. The largest absolute Gasteiger partial charge is 0.381 e. The van der Waals surface area contributed by atoms with Crippen molar-refractivity contribution >= 4 is 11.8 Å². The van der Waals surface area contributed by atoms with Crippen LogP contribution in [-0.4, -0.2) is 23.7 Å². The minimum atomic E-state index is 0.301. The summed E-state index contributed by atoms with van der Waals surface area (Å²) in [7, 11) is 0. The summed E-state index contributed by atoms with van der Waals surface area (Å²) in [5.41, 5.74) is 0. The van der Waals surface area contributed by atoms with Crippen molar-refractivity contribution in [3.63, 3.8) is 0 Å². The monoisotopic (exact) mass is 239 g/mol. The fraction of sp³-hybridized carbons (Fsp3) is 0.923. The van der Waals surface area contributed by atoms with Crippen molar-refractivity contribution in [1.82, 2.24) is 0 Å². The van der Waals surface area contributed by atoms with Gasteiger partial charge in [-0.3, -0.25) is 0 Å². The topological polar surface area (TPSA) is 33.0 Å². The van der Waals surface area contributed by atoms with E-state index in [0.29, 0.717) is 11.2 Å². The predicted molar refractivity (Wildman–Crippen MR) is 67.4 cm³/mol. The van der Waals surface area contributed by atoms with Crippen molar-refractivity contribution in [2.75, 3.05) is 13.2 Å². The number of hydrogen-bond acceptors (Lipinski definition) is 3. The van der Waals surface area contributed by atoms with Gasteiger partial charge in [0.1, 0.15) is 0 Å². The highest BCUT2D eigenvalue weighted by molar-refractivity contribution is 8.00. The van der Waals surface area contributed by atoms with Crippen molar-refractivity contribution in [3.05, 3.63) is 0 Å². The Bertz CT molecular complexity index is 245. The van der Waals surface area contributed by atoms with Crippen LogP contribution >= 0.6 is 11.8 Å². The van der Waals surface area contributed by atoms with Gasteiger partial charge < -0.3 is 4.74 Å². The molecule has 2 unspecified atom stereocenters. The van der Waals surface area contributed by atoms with E-state index >= 15 is 0 Å². The number of nitriles is 1. The van der Waals surface area contributed by atoms with Crippen LogP contribution in [0.4, 0.5) is 0 Å². The minimum Gasteiger partial charge on any atom is -0.381 e. The summed E-state index contributed by atoms with van der Waals surface area (Å²) in [6.45, 7) is 1.84. The lowest BCUT2D eigenvalue weighted by molar-refractivity contribution is 0.0999. The zero-order valence-electron chi connectivity index (χ0n) is 9.86. The molecule has 2 atom stereocenters. The molecular formula is C13H21NOS. The van der Waals surface area contributed by atoms with Gasteiger partial charge in [-0.15, -0.1) is 0 Å². The average Bonchev–Trinajstić information content (AvgIpc) is 2.55. The molecule has 1 aliphatic carbocycles. The second-order valence-corrected chi connectivity index (χ2v) is 6.40.